The number of aromatic nitrogens is 1. The predicted molar refractivity (Wildman–Crippen MR) is 120 cm³/mol. The third-order valence-electron chi connectivity index (χ3n) is 5.90. The molecule has 1 saturated heterocycles. The summed E-state index contributed by atoms with van der Waals surface area (Å²) < 4.78 is 6.21. The molecule has 0 atom stereocenters. The van der Waals surface area contributed by atoms with Crippen molar-refractivity contribution in [2.75, 3.05) is 51.3 Å². The van der Waals surface area contributed by atoms with Gasteiger partial charge >= 0.3 is 0 Å². The van der Waals surface area contributed by atoms with Crippen molar-refractivity contribution in [2.45, 2.75) is 32.6 Å². The molecule has 0 radical (unpaired) electrons. The van der Waals surface area contributed by atoms with Crippen LogP contribution in [0.4, 0.5) is 5.13 Å². The number of fused-ring (bicyclic) bond motifs is 1. The molecule has 2 heterocycles. The number of nitrogens with zero attached hydrogens (tertiary/aromatic N) is 3. The summed E-state index contributed by atoms with van der Waals surface area (Å²) in [5.74, 6) is 0.984. The zero-order chi connectivity index (χ0) is 20.2. The fourth-order valence-corrected chi connectivity index (χ4v) is 5.16. The molecule has 0 saturated carbocycles. The first kappa shape index (κ1) is 20.4. The minimum atomic E-state index is 0.190. The van der Waals surface area contributed by atoms with E-state index in [4.69, 9.17) is 9.72 Å². The standard InChI is InChI=1S/C23H31N3O2S/c1-17-21(24-23(29-17)26-13-11-25(2)12-14-26)10-16-28-22-8-4-6-19-18(9-15-27)5-3-7-20(19)22/h4-6,8,27H,3,7,9-16H2,1-2H3. The molecule has 1 N–H and O–H groups in total. The van der Waals surface area contributed by atoms with Gasteiger partial charge < -0.3 is 19.6 Å². The van der Waals surface area contributed by atoms with Gasteiger partial charge in [0, 0.05) is 49.6 Å². The summed E-state index contributed by atoms with van der Waals surface area (Å²) >= 11 is 1.81. The van der Waals surface area contributed by atoms with Crippen LogP contribution in [0.2, 0.25) is 0 Å². The van der Waals surface area contributed by atoms with Gasteiger partial charge in [-0.25, -0.2) is 4.98 Å². The lowest BCUT2D eigenvalue weighted by atomic mass is 9.89. The number of allylic oxidation sites excluding steroid dienone is 1. The topological polar surface area (TPSA) is 48.8 Å². The van der Waals surface area contributed by atoms with Crippen LogP contribution in [0, 0.1) is 6.92 Å². The molecule has 5 nitrogen and oxygen atoms in total. The Labute approximate surface area is 177 Å². The number of anilines is 1. The van der Waals surface area contributed by atoms with Crippen LogP contribution in [-0.4, -0.2) is 61.4 Å². The van der Waals surface area contributed by atoms with E-state index in [0.717, 1.165) is 62.0 Å². The van der Waals surface area contributed by atoms with Gasteiger partial charge in [-0.05, 0) is 50.4 Å². The minimum absolute atomic E-state index is 0.190. The first-order chi connectivity index (χ1) is 14.2. The summed E-state index contributed by atoms with van der Waals surface area (Å²) in [7, 11) is 2.18. The van der Waals surface area contributed by atoms with Crippen LogP contribution in [0.25, 0.3) is 5.57 Å². The fraction of sp³-hybridized carbons (Fsp3) is 0.522. The number of piperazine rings is 1. The Hall–Kier alpha value is -1.89. The van der Waals surface area contributed by atoms with E-state index in [1.54, 1.807) is 11.3 Å². The average molecular weight is 414 g/mol. The number of aliphatic hydroxyl groups excluding tert-OH is 1. The Balaban J connectivity index is 1.39. The number of likely N-dealkylation sites (N-methyl/N-ethyl adjacent to an activating group) is 1. The average Bonchev–Trinajstić information content (AvgIpc) is 3.10. The zero-order valence-electron chi connectivity index (χ0n) is 17.5. The maximum Gasteiger partial charge on any atom is 0.185 e. The molecule has 0 unspecified atom stereocenters. The van der Waals surface area contributed by atoms with Crippen molar-refractivity contribution in [2.24, 2.45) is 0 Å². The second-order valence-electron chi connectivity index (χ2n) is 7.91. The van der Waals surface area contributed by atoms with Crippen molar-refractivity contribution in [3.63, 3.8) is 0 Å². The molecule has 1 fully saturated rings. The lowest BCUT2D eigenvalue weighted by Crippen LogP contribution is -2.44. The van der Waals surface area contributed by atoms with E-state index in [0.29, 0.717) is 13.0 Å². The van der Waals surface area contributed by atoms with E-state index in [1.807, 2.05) is 0 Å². The molecule has 0 amide bonds. The molecule has 0 spiro atoms. The van der Waals surface area contributed by atoms with Crippen molar-refractivity contribution < 1.29 is 9.84 Å². The largest absolute Gasteiger partial charge is 0.493 e. The van der Waals surface area contributed by atoms with E-state index < -0.39 is 0 Å². The highest BCUT2D eigenvalue weighted by Crippen LogP contribution is 2.34. The summed E-state index contributed by atoms with van der Waals surface area (Å²) in [4.78, 5) is 11.0. The van der Waals surface area contributed by atoms with Crippen molar-refractivity contribution >= 4 is 22.0 Å². The van der Waals surface area contributed by atoms with Crippen LogP contribution in [0.1, 0.15) is 34.5 Å². The van der Waals surface area contributed by atoms with Gasteiger partial charge in [-0.1, -0.05) is 18.2 Å². The number of aliphatic hydroxyl groups is 1. The highest BCUT2D eigenvalue weighted by Gasteiger charge is 2.19. The van der Waals surface area contributed by atoms with Gasteiger partial charge in [-0.2, -0.15) is 0 Å². The third-order valence-corrected chi connectivity index (χ3v) is 6.97. The normalized spacial score (nSPS) is 17.2. The Kier molecular flexibility index (Phi) is 6.53. The molecule has 2 aromatic rings. The fourth-order valence-electron chi connectivity index (χ4n) is 4.15. The SMILES string of the molecule is Cc1sc(N2CCN(C)CC2)nc1CCOc1cccc2c1CCC=C2CCO. The lowest BCUT2D eigenvalue weighted by molar-refractivity contribution is 0.304. The number of benzene rings is 1. The van der Waals surface area contributed by atoms with Gasteiger partial charge in [0.2, 0.25) is 0 Å². The van der Waals surface area contributed by atoms with Gasteiger partial charge in [0.05, 0.1) is 12.3 Å². The van der Waals surface area contributed by atoms with E-state index in [2.05, 4.69) is 48.0 Å². The quantitative estimate of drug-likeness (QED) is 0.752. The summed E-state index contributed by atoms with van der Waals surface area (Å²) in [5.41, 5.74) is 4.93. The van der Waals surface area contributed by atoms with E-state index >= 15 is 0 Å². The molecule has 0 bridgehead atoms. The Morgan fingerprint density at radius 1 is 1.17 bits per heavy atom. The highest BCUT2D eigenvalue weighted by atomic mass is 32.1. The predicted octanol–water partition coefficient (Wildman–Crippen LogP) is 3.54. The van der Waals surface area contributed by atoms with Gasteiger partial charge in [0.1, 0.15) is 5.75 Å². The molecule has 1 aromatic carbocycles. The molecule has 1 aliphatic heterocycles. The number of aryl methyl sites for hydroxylation is 1. The molecule has 29 heavy (non-hydrogen) atoms. The highest BCUT2D eigenvalue weighted by molar-refractivity contribution is 7.15. The lowest BCUT2D eigenvalue weighted by Gasteiger charge is -2.32. The van der Waals surface area contributed by atoms with Gasteiger partial charge in [0.25, 0.3) is 0 Å². The van der Waals surface area contributed by atoms with Crippen molar-refractivity contribution in [3.8, 4) is 5.75 Å². The number of thiazole rings is 1. The van der Waals surface area contributed by atoms with Crippen LogP contribution in [0.5, 0.6) is 5.75 Å². The molecular formula is C23H31N3O2S. The number of rotatable bonds is 7. The Morgan fingerprint density at radius 2 is 2.00 bits per heavy atom. The van der Waals surface area contributed by atoms with Crippen LogP contribution in [-0.2, 0) is 12.8 Å². The van der Waals surface area contributed by atoms with Gasteiger partial charge in [0.15, 0.2) is 5.13 Å². The number of hydrogen-bond donors (Lipinski definition) is 1. The molecule has 1 aliphatic carbocycles. The molecule has 6 heteroatoms. The van der Waals surface area contributed by atoms with E-state index in [-0.39, 0.29) is 6.61 Å². The van der Waals surface area contributed by atoms with Crippen molar-refractivity contribution in [3.05, 3.63) is 46.0 Å². The van der Waals surface area contributed by atoms with Crippen LogP contribution < -0.4 is 9.64 Å². The molecule has 4 rings (SSSR count). The van der Waals surface area contributed by atoms with E-state index in [1.165, 1.54) is 21.6 Å². The number of hydrogen-bond acceptors (Lipinski definition) is 6. The Morgan fingerprint density at radius 3 is 2.79 bits per heavy atom. The van der Waals surface area contributed by atoms with Crippen LogP contribution in [0.3, 0.4) is 0 Å². The summed E-state index contributed by atoms with van der Waals surface area (Å²) in [5, 5.41) is 10.5. The maximum absolute atomic E-state index is 9.33. The zero-order valence-corrected chi connectivity index (χ0v) is 18.3. The first-order valence-corrected chi connectivity index (χ1v) is 11.4. The first-order valence-electron chi connectivity index (χ1n) is 10.6. The second kappa shape index (κ2) is 9.28. The molecular weight excluding hydrogens is 382 g/mol. The summed E-state index contributed by atoms with van der Waals surface area (Å²) in [6.07, 6.45) is 5.81. The van der Waals surface area contributed by atoms with Gasteiger partial charge in [-0.3, -0.25) is 0 Å². The third kappa shape index (κ3) is 4.65. The monoisotopic (exact) mass is 413 g/mol. The molecule has 156 valence electrons. The molecule has 1 aromatic heterocycles. The Bertz CT molecular complexity index is 869. The van der Waals surface area contributed by atoms with Crippen LogP contribution in [0.15, 0.2) is 24.3 Å². The summed E-state index contributed by atoms with van der Waals surface area (Å²) in [6, 6.07) is 6.28. The van der Waals surface area contributed by atoms with Crippen molar-refractivity contribution in [1.82, 2.24) is 9.88 Å². The van der Waals surface area contributed by atoms with E-state index in [9.17, 15) is 5.11 Å². The smallest absolute Gasteiger partial charge is 0.185 e. The molecule has 2 aliphatic rings. The van der Waals surface area contributed by atoms with Gasteiger partial charge in [-0.15, -0.1) is 11.3 Å². The second-order valence-corrected chi connectivity index (χ2v) is 9.09. The maximum atomic E-state index is 9.33. The number of ether oxygens (including phenoxy) is 1. The van der Waals surface area contributed by atoms with Crippen LogP contribution >= 0.6 is 11.3 Å². The summed E-state index contributed by atoms with van der Waals surface area (Å²) in [6.45, 7) is 7.31. The van der Waals surface area contributed by atoms with Crippen molar-refractivity contribution in [1.29, 1.82) is 0 Å². The minimum Gasteiger partial charge on any atom is -0.493 e.